The zero-order chi connectivity index (χ0) is 12.9. The minimum atomic E-state index is -0.469. The van der Waals surface area contributed by atoms with Crippen LogP contribution in [0.15, 0.2) is 28.7 Å². The van der Waals surface area contributed by atoms with Crippen LogP contribution in [-0.4, -0.2) is 23.9 Å². The van der Waals surface area contributed by atoms with Gasteiger partial charge in [-0.1, -0.05) is 41.9 Å². The third-order valence-electron chi connectivity index (χ3n) is 3.55. The Hall–Kier alpha value is -0.380. The van der Waals surface area contributed by atoms with Crippen LogP contribution in [0.25, 0.3) is 0 Å². The van der Waals surface area contributed by atoms with Crippen LogP contribution >= 0.6 is 15.9 Å². The molecule has 96 valence electrons. The van der Waals surface area contributed by atoms with Gasteiger partial charge in [-0.15, -0.1) is 0 Å². The number of aliphatic hydroxyl groups is 1. The van der Waals surface area contributed by atoms with Crippen LogP contribution in [-0.2, 0) is 11.2 Å². The minimum absolute atomic E-state index is 0.424. The summed E-state index contributed by atoms with van der Waals surface area (Å²) in [5.41, 5.74) is 0.705. The smallest absolute Gasteiger partial charge is 0.0934 e. The average Bonchev–Trinajstić information content (AvgIpc) is 2.35. The monoisotopic (exact) mass is 300 g/mol. The highest BCUT2D eigenvalue weighted by atomic mass is 79.9. The summed E-state index contributed by atoms with van der Waals surface area (Å²) < 4.78 is 6.59. The molecule has 1 atom stereocenters. The van der Waals surface area contributed by atoms with Gasteiger partial charge in [0.25, 0.3) is 0 Å². The van der Waals surface area contributed by atoms with Gasteiger partial charge in [0, 0.05) is 18.0 Å². The topological polar surface area (TPSA) is 29.5 Å². The molecule has 0 radical (unpaired) electrons. The summed E-state index contributed by atoms with van der Waals surface area (Å²) in [6.07, 6.45) is 1.79. The van der Waals surface area contributed by atoms with E-state index < -0.39 is 11.7 Å². The number of hydrogen-bond donors (Lipinski definition) is 1. The van der Waals surface area contributed by atoms with Crippen molar-refractivity contribution in [2.24, 2.45) is 0 Å². The zero-order valence-electron chi connectivity index (χ0n) is 10.7. The first-order chi connectivity index (χ1) is 8.07. The van der Waals surface area contributed by atoms with E-state index in [0.717, 1.165) is 22.9 Å². The van der Waals surface area contributed by atoms with Crippen LogP contribution < -0.4 is 0 Å². The molecular formula is C14H21BrO2. The van der Waals surface area contributed by atoms with Crippen molar-refractivity contribution in [1.82, 2.24) is 0 Å². The van der Waals surface area contributed by atoms with E-state index in [9.17, 15) is 5.11 Å². The lowest BCUT2D eigenvalue weighted by Crippen LogP contribution is -2.44. The van der Waals surface area contributed by atoms with E-state index in [2.05, 4.69) is 29.8 Å². The molecule has 1 rings (SSSR count). The van der Waals surface area contributed by atoms with E-state index in [1.54, 1.807) is 7.11 Å². The molecule has 0 spiro atoms. The average molecular weight is 301 g/mol. The minimum Gasteiger partial charge on any atom is -0.390 e. The van der Waals surface area contributed by atoms with Crippen molar-refractivity contribution in [2.75, 3.05) is 7.11 Å². The fraction of sp³-hybridized carbons (Fsp3) is 0.571. The molecule has 0 fully saturated rings. The van der Waals surface area contributed by atoms with E-state index in [0.29, 0.717) is 6.42 Å². The molecule has 1 aromatic rings. The number of aliphatic hydroxyl groups excluding tert-OH is 1. The predicted octanol–water partition coefficient (Wildman–Crippen LogP) is 3.56. The summed E-state index contributed by atoms with van der Waals surface area (Å²) in [6, 6.07) is 8.04. The summed E-state index contributed by atoms with van der Waals surface area (Å²) in [6.45, 7) is 4.11. The maximum atomic E-state index is 10.3. The lowest BCUT2D eigenvalue weighted by Gasteiger charge is -2.35. The highest BCUT2D eigenvalue weighted by molar-refractivity contribution is 9.10. The van der Waals surface area contributed by atoms with Gasteiger partial charge in [-0.25, -0.2) is 0 Å². The molecule has 0 aliphatic heterocycles. The highest BCUT2D eigenvalue weighted by Crippen LogP contribution is 2.26. The van der Waals surface area contributed by atoms with E-state index in [1.165, 1.54) is 0 Å². The van der Waals surface area contributed by atoms with Gasteiger partial charge in [0.05, 0.1) is 11.7 Å². The first-order valence-corrected chi connectivity index (χ1v) is 6.85. The molecule has 0 saturated heterocycles. The molecule has 1 aromatic carbocycles. The Balaban J connectivity index is 2.76. The van der Waals surface area contributed by atoms with Gasteiger partial charge in [0.2, 0.25) is 0 Å². The fourth-order valence-electron chi connectivity index (χ4n) is 2.18. The van der Waals surface area contributed by atoms with Crippen LogP contribution in [0.4, 0.5) is 0 Å². The van der Waals surface area contributed by atoms with Crippen LogP contribution in [0.2, 0.25) is 0 Å². The van der Waals surface area contributed by atoms with Crippen LogP contribution in [0.1, 0.15) is 32.3 Å². The third kappa shape index (κ3) is 3.54. The van der Waals surface area contributed by atoms with Crippen molar-refractivity contribution in [1.29, 1.82) is 0 Å². The molecule has 0 aliphatic rings. The summed E-state index contributed by atoms with van der Waals surface area (Å²) in [5, 5.41) is 10.3. The molecule has 0 heterocycles. The molecule has 0 amide bonds. The molecule has 3 heteroatoms. The molecule has 2 nitrogen and oxygen atoms in total. The fourth-order valence-corrected chi connectivity index (χ4v) is 2.44. The van der Waals surface area contributed by atoms with Crippen LogP contribution in [0.5, 0.6) is 0 Å². The Morgan fingerprint density at radius 3 is 2.18 bits per heavy atom. The van der Waals surface area contributed by atoms with Gasteiger partial charge >= 0.3 is 0 Å². The number of rotatable bonds is 6. The third-order valence-corrected chi connectivity index (χ3v) is 4.08. The van der Waals surface area contributed by atoms with E-state index in [1.807, 2.05) is 24.3 Å². The molecule has 1 unspecified atom stereocenters. The molecule has 0 bridgehead atoms. The number of ether oxygens (including phenoxy) is 1. The first kappa shape index (κ1) is 14.7. The van der Waals surface area contributed by atoms with Crippen LogP contribution in [0, 0.1) is 0 Å². The van der Waals surface area contributed by atoms with Crippen molar-refractivity contribution < 1.29 is 9.84 Å². The largest absolute Gasteiger partial charge is 0.390 e. The predicted molar refractivity (Wildman–Crippen MR) is 74.2 cm³/mol. The summed E-state index contributed by atoms with van der Waals surface area (Å²) in [7, 11) is 1.68. The van der Waals surface area contributed by atoms with Crippen LogP contribution in [0.3, 0.4) is 0 Å². The van der Waals surface area contributed by atoms with Gasteiger partial charge in [-0.2, -0.15) is 0 Å². The summed E-state index contributed by atoms with van der Waals surface area (Å²) in [4.78, 5) is 0. The van der Waals surface area contributed by atoms with Gasteiger partial charge in [-0.05, 0) is 30.5 Å². The van der Waals surface area contributed by atoms with Crippen molar-refractivity contribution in [3.05, 3.63) is 34.3 Å². The number of hydrogen-bond acceptors (Lipinski definition) is 2. The van der Waals surface area contributed by atoms with Crippen molar-refractivity contribution in [2.45, 2.75) is 44.8 Å². The lowest BCUT2D eigenvalue weighted by atomic mass is 9.86. The number of halogens is 1. The second-order valence-corrected chi connectivity index (χ2v) is 5.24. The van der Waals surface area contributed by atoms with Gasteiger partial charge < -0.3 is 9.84 Å². The second kappa shape index (κ2) is 6.53. The summed E-state index contributed by atoms with van der Waals surface area (Å²) in [5.74, 6) is 0. The van der Waals surface area contributed by atoms with Crippen molar-refractivity contribution >= 4 is 15.9 Å². The molecule has 1 N–H and O–H groups in total. The Labute approximate surface area is 112 Å². The van der Waals surface area contributed by atoms with E-state index >= 15 is 0 Å². The number of benzene rings is 1. The Kier molecular flexibility index (Phi) is 5.63. The SMILES string of the molecule is CCC(CC)(OC)C(O)Cc1ccc(Br)cc1. The maximum absolute atomic E-state index is 10.3. The molecule has 0 aromatic heterocycles. The van der Waals surface area contributed by atoms with Crippen molar-refractivity contribution in [3.63, 3.8) is 0 Å². The lowest BCUT2D eigenvalue weighted by molar-refractivity contribution is -0.106. The maximum Gasteiger partial charge on any atom is 0.0934 e. The molecule has 17 heavy (non-hydrogen) atoms. The van der Waals surface area contributed by atoms with Gasteiger partial charge in [-0.3, -0.25) is 0 Å². The highest BCUT2D eigenvalue weighted by Gasteiger charge is 2.34. The van der Waals surface area contributed by atoms with E-state index in [-0.39, 0.29) is 0 Å². The van der Waals surface area contributed by atoms with Crippen molar-refractivity contribution in [3.8, 4) is 0 Å². The number of methoxy groups -OCH3 is 1. The van der Waals surface area contributed by atoms with E-state index in [4.69, 9.17) is 4.74 Å². The molecular weight excluding hydrogens is 280 g/mol. The first-order valence-electron chi connectivity index (χ1n) is 6.05. The summed E-state index contributed by atoms with van der Waals surface area (Å²) >= 11 is 3.40. The Morgan fingerprint density at radius 2 is 1.76 bits per heavy atom. The quantitative estimate of drug-likeness (QED) is 0.870. The Bertz CT molecular complexity index is 322. The Morgan fingerprint density at radius 1 is 1.24 bits per heavy atom. The van der Waals surface area contributed by atoms with Gasteiger partial charge in [0.1, 0.15) is 0 Å². The molecule has 0 aliphatic carbocycles. The standard InChI is InChI=1S/C14H21BrO2/c1-4-14(5-2,17-3)13(16)10-11-6-8-12(15)9-7-11/h6-9,13,16H,4-5,10H2,1-3H3. The normalized spacial score (nSPS) is 13.7. The van der Waals surface area contributed by atoms with Gasteiger partial charge in [0.15, 0.2) is 0 Å². The second-order valence-electron chi connectivity index (χ2n) is 4.32. The zero-order valence-corrected chi connectivity index (χ0v) is 12.3. The molecule has 0 saturated carbocycles.